The number of hydrogen-bond acceptors (Lipinski definition) is 9. The van der Waals surface area contributed by atoms with Gasteiger partial charge in [-0.3, -0.25) is 9.69 Å². The van der Waals surface area contributed by atoms with Gasteiger partial charge in [-0.2, -0.15) is 31.6 Å². The lowest BCUT2D eigenvalue weighted by Gasteiger charge is -2.40. The fraction of sp³-hybridized carbons (Fsp3) is 0.359. The van der Waals surface area contributed by atoms with Crippen molar-refractivity contribution in [1.82, 2.24) is 9.97 Å². The Morgan fingerprint density at radius 3 is 2.36 bits per heavy atom. The van der Waals surface area contributed by atoms with Gasteiger partial charge in [0.25, 0.3) is 0 Å². The Hall–Kier alpha value is -5.85. The summed E-state index contributed by atoms with van der Waals surface area (Å²) in [7, 11) is 0. The third kappa shape index (κ3) is 10.4. The van der Waals surface area contributed by atoms with Crippen molar-refractivity contribution in [2.24, 2.45) is 0 Å². The number of aromatic nitrogens is 2. The second-order valence-corrected chi connectivity index (χ2v) is 12.6. The van der Waals surface area contributed by atoms with Crippen LogP contribution in [0.2, 0.25) is 0 Å². The monoisotopic (exact) mass is 769 g/mol. The first kappa shape index (κ1) is 40.3. The number of fused-ring (bicyclic) bond motifs is 1. The van der Waals surface area contributed by atoms with E-state index in [0.29, 0.717) is 6.42 Å². The SMILES string of the molecule is CCOC(=O)CCCOc1cnc(N[C@H]2C[C@@H](CC)N(C(=O)OCc3ccccc3)c3ccc(C(F)(F)F)cc32)nc1Cc1cc(C#N)cc(C(F)(F)F)c1. The number of ether oxygens (including phenoxy) is 3. The Morgan fingerprint density at radius 2 is 1.69 bits per heavy atom. The lowest BCUT2D eigenvalue weighted by molar-refractivity contribution is -0.143. The number of halogens is 6. The molecular weight excluding hydrogens is 732 g/mol. The average molecular weight is 770 g/mol. The number of esters is 1. The second-order valence-electron chi connectivity index (χ2n) is 12.6. The Labute approximate surface area is 313 Å². The molecule has 0 saturated carbocycles. The van der Waals surface area contributed by atoms with Gasteiger partial charge in [0, 0.05) is 18.9 Å². The highest BCUT2D eigenvalue weighted by Crippen LogP contribution is 2.43. The van der Waals surface area contributed by atoms with Crippen molar-refractivity contribution in [3.63, 3.8) is 0 Å². The largest absolute Gasteiger partial charge is 0.490 e. The molecule has 5 rings (SSSR count). The number of benzene rings is 3. The molecule has 1 N–H and O–H groups in total. The van der Waals surface area contributed by atoms with Gasteiger partial charge < -0.3 is 19.5 Å². The summed E-state index contributed by atoms with van der Waals surface area (Å²) in [5.41, 5.74) is -0.990. The molecule has 0 spiro atoms. The molecule has 1 aromatic heterocycles. The van der Waals surface area contributed by atoms with Crippen LogP contribution in [0.3, 0.4) is 0 Å². The number of carbonyl (C=O) groups is 2. The number of nitrogens with one attached hydrogen (secondary N) is 1. The first-order valence-electron chi connectivity index (χ1n) is 17.4. The molecule has 0 fully saturated rings. The van der Waals surface area contributed by atoms with E-state index in [1.807, 2.05) is 13.0 Å². The van der Waals surface area contributed by atoms with Crippen molar-refractivity contribution in [1.29, 1.82) is 5.26 Å². The van der Waals surface area contributed by atoms with Gasteiger partial charge in [0.15, 0.2) is 5.75 Å². The number of nitrogens with zero attached hydrogens (tertiary/aromatic N) is 4. The number of amides is 1. The van der Waals surface area contributed by atoms with E-state index in [2.05, 4.69) is 15.3 Å². The van der Waals surface area contributed by atoms with Gasteiger partial charge in [0.2, 0.25) is 5.95 Å². The summed E-state index contributed by atoms with van der Waals surface area (Å²) in [6.07, 6.45) is -8.36. The minimum absolute atomic E-state index is 0.00140. The molecule has 0 unspecified atom stereocenters. The van der Waals surface area contributed by atoms with E-state index >= 15 is 0 Å². The molecule has 55 heavy (non-hydrogen) atoms. The van der Waals surface area contributed by atoms with Gasteiger partial charge in [-0.1, -0.05) is 37.3 Å². The molecule has 16 heteroatoms. The summed E-state index contributed by atoms with van der Waals surface area (Å²) in [4.78, 5) is 35.5. The smallest absolute Gasteiger partial charge is 0.416 e. The highest BCUT2D eigenvalue weighted by molar-refractivity contribution is 5.90. The highest BCUT2D eigenvalue weighted by Gasteiger charge is 2.39. The molecule has 2 heterocycles. The Bertz CT molecular complexity index is 2020. The summed E-state index contributed by atoms with van der Waals surface area (Å²) < 4.78 is 99.6. The molecule has 10 nitrogen and oxygen atoms in total. The fourth-order valence-corrected chi connectivity index (χ4v) is 6.18. The first-order valence-corrected chi connectivity index (χ1v) is 17.4. The molecule has 1 amide bonds. The molecular formula is C39H37F6N5O5. The first-order chi connectivity index (χ1) is 26.2. The maximum atomic E-state index is 14.0. The summed E-state index contributed by atoms with van der Waals surface area (Å²) in [6.45, 7) is 3.63. The third-order valence-corrected chi connectivity index (χ3v) is 8.78. The van der Waals surface area contributed by atoms with Crippen molar-refractivity contribution in [3.05, 3.63) is 112 Å². The van der Waals surface area contributed by atoms with E-state index < -0.39 is 47.6 Å². The van der Waals surface area contributed by atoms with Crippen LogP contribution in [0.1, 0.15) is 84.6 Å². The van der Waals surface area contributed by atoms with Crippen LogP contribution < -0.4 is 15.0 Å². The van der Waals surface area contributed by atoms with Crippen molar-refractivity contribution in [2.75, 3.05) is 23.4 Å². The summed E-state index contributed by atoms with van der Waals surface area (Å²) in [5.74, 6) is -0.442. The second kappa shape index (κ2) is 17.5. The lowest BCUT2D eigenvalue weighted by Crippen LogP contribution is -2.46. The number of anilines is 2. The summed E-state index contributed by atoms with van der Waals surface area (Å²) in [6, 6.07) is 15.2. The van der Waals surface area contributed by atoms with E-state index in [1.165, 1.54) is 23.2 Å². The van der Waals surface area contributed by atoms with Gasteiger partial charge in [-0.05, 0) is 79.3 Å². The molecule has 0 radical (unpaired) electrons. The Morgan fingerprint density at radius 1 is 0.945 bits per heavy atom. The molecule has 4 aromatic rings. The van der Waals surface area contributed by atoms with E-state index in [9.17, 15) is 41.2 Å². The van der Waals surface area contributed by atoms with Gasteiger partial charge in [-0.15, -0.1) is 0 Å². The Balaban J connectivity index is 1.49. The van der Waals surface area contributed by atoms with Crippen LogP contribution in [0.4, 0.5) is 42.8 Å². The number of rotatable bonds is 13. The van der Waals surface area contributed by atoms with Crippen molar-refractivity contribution in [3.8, 4) is 11.8 Å². The van der Waals surface area contributed by atoms with Crippen LogP contribution in [-0.2, 0) is 39.6 Å². The van der Waals surface area contributed by atoms with Crippen LogP contribution in [0, 0.1) is 11.3 Å². The maximum absolute atomic E-state index is 14.0. The minimum Gasteiger partial charge on any atom is -0.490 e. The van der Waals surface area contributed by atoms with E-state index in [1.54, 1.807) is 37.3 Å². The number of alkyl halides is 6. The molecule has 290 valence electrons. The minimum atomic E-state index is -4.74. The van der Waals surface area contributed by atoms with E-state index in [-0.39, 0.29) is 85.3 Å². The van der Waals surface area contributed by atoms with Crippen molar-refractivity contribution in [2.45, 2.75) is 77.0 Å². The van der Waals surface area contributed by atoms with Gasteiger partial charge in [0.1, 0.15) is 6.61 Å². The Kier molecular flexibility index (Phi) is 12.9. The van der Waals surface area contributed by atoms with Crippen LogP contribution in [0.5, 0.6) is 5.75 Å². The van der Waals surface area contributed by atoms with Crippen LogP contribution >= 0.6 is 0 Å². The van der Waals surface area contributed by atoms with Crippen LogP contribution in [-0.4, -0.2) is 41.3 Å². The topological polar surface area (TPSA) is 127 Å². The van der Waals surface area contributed by atoms with Crippen molar-refractivity contribution < 1.29 is 50.1 Å². The average Bonchev–Trinajstić information content (AvgIpc) is 3.15. The molecule has 0 saturated heterocycles. The zero-order valence-corrected chi connectivity index (χ0v) is 29.8. The third-order valence-electron chi connectivity index (χ3n) is 8.78. The summed E-state index contributed by atoms with van der Waals surface area (Å²) in [5, 5.41) is 12.5. The summed E-state index contributed by atoms with van der Waals surface area (Å²) >= 11 is 0. The molecule has 3 aromatic carbocycles. The highest BCUT2D eigenvalue weighted by atomic mass is 19.4. The molecule has 1 aliphatic rings. The lowest BCUT2D eigenvalue weighted by atomic mass is 9.89. The van der Waals surface area contributed by atoms with Crippen LogP contribution in [0.25, 0.3) is 0 Å². The zero-order valence-electron chi connectivity index (χ0n) is 29.8. The van der Waals surface area contributed by atoms with E-state index in [4.69, 9.17) is 14.2 Å². The normalized spacial score (nSPS) is 15.4. The molecule has 0 bridgehead atoms. The number of hydrogen-bond donors (Lipinski definition) is 1. The predicted molar refractivity (Wildman–Crippen MR) is 188 cm³/mol. The number of nitriles is 1. The standard InChI is InChI=1S/C39H37F6N5O5/c1-3-29-20-31(30-19-27(38(40,41)42)12-13-33(30)50(29)37(52)55-23-24-9-6-5-7-10-24)48-36-47-22-34(54-14-8-11-35(51)53-4-2)32(49-36)18-25-15-26(21-46)17-28(16-25)39(43,44)45/h5-7,9-10,12-13,15-17,19,22,29,31H,3-4,8,11,14,18,20,23H2,1-2H3,(H,47,48,49)/t29-,31+/m1/s1. The maximum Gasteiger partial charge on any atom is 0.416 e. The fourth-order valence-electron chi connectivity index (χ4n) is 6.18. The molecule has 2 atom stereocenters. The predicted octanol–water partition coefficient (Wildman–Crippen LogP) is 9.18. The van der Waals surface area contributed by atoms with Gasteiger partial charge in [-0.25, -0.2) is 14.8 Å². The zero-order chi connectivity index (χ0) is 39.8. The van der Waals surface area contributed by atoms with Crippen molar-refractivity contribution >= 4 is 23.7 Å². The molecule has 1 aliphatic heterocycles. The quantitative estimate of drug-likeness (QED) is 0.0805. The van der Waals surface area contributed by atoms with Crippen LogP contribution in [0.15, 0.2) is 72.9 Å². The number of carbonyl (C=O) groups excluding carboxylic acids is 2. The van der Waals surface area contributed by atoms with Gasteiger partial charge in [0.05, 0.1) is 59.6 Å². The van der Waals surface area contributed by atoms with Gasteiger partial charge >= 0.3 is 24.4 Å². The van der Waals surface area contributed by atoms with E-state index in [0.717, 1.165) is 29.8 Å². The molecule has 0 aliphatic carbocycles.